The summed E-state index contributed by atoms with van der Waals surface area (Å²) in [4.78, 5) is 6.90. The molecule has 35 heavy (non-hydrogen) atoms. The molecule has 9 heteroatoms. The zero-order valence-electron chi connectivity index (χ0n) is 20.8. The fraction of sp³-hybridized carbons (Fsp3) is 0.462. The van der Waals surface area contributed by atoms with Gasteiger partial charge in [-0.2, -0.15) is 0 Å². The minimum Gasteiger partial charge on any atom is -0.493 e. The number of morpholine rings is 1. The van der Waals surface area contributed by atoms with Crippen LogP contribution in [0.3, 0.4) is 0 Å². The Balaban J connectivity index is 1.40. The minimum absolute atomic E-state index is 0.165. The highest BCUT2D eigenvalue weighted by atomic mass is 32.1. The summed E-state index contributed by atoms with van der Waals surface area (Å²) in [6, 6.07) is 7.97. The van der Waals surface area contributed by atoms with Crippen LogP contribution < -0.4 is 24.8 Å². The first-order valence-electron chi connectivity index (χ1n) is 11.9. The number of anilines is 1. The van der Waals surface area contributed by atoms with E-state index in [1.807, 2.05) is 25.3 Å². The summed E-state index contributed by atoms with van der Waals surface area (Å²) < 4.78 is 22.8. The third-order valence-electron chi connectivity index (χ3n) is 6.29. The van der Waals surface area contributed by atoms with Crippen molar-refractivity contribution in [2.24, 2.45) is 4.99 Å². The summed E-state index contributed by atoms with van der Waals surface area (Å²) in [7, 11) is 3.26. The van der Waals surface area contributed by atoms with Crippen LogP contribution in [0, 0.1) is 13.8 Å². The normalized spacial score (nSPS) is 17.4. The van der Waals surface area contributed by atoms with Crippen molar-refractivity contribution in [2.75, 3.05) is 58.9 Å². The van der Waals surface area contributed by atoms with Crippen LogP contribution in [-0.2, 0) is 4.74 Å². The van der Waals surface area contributed by atoms with Crippen LogP contribution in [0.25, 0.3) is 0 Å². The van der Waals surface area contributed by atoms with E-state index in [4.69, 9.17) is 31.2 Å². The van der Waals surface area contributed by atoms with E-state index in [-0.39, 0.29) is 6.10 Å². The van der Waals surface area contributed by atoms with Gasteiger partial charge in [0.05, 0.1) is 33.1 Å². The molecule has 0 radical (unpaired) electrons. The molecule has 2 aromatic carbocycles. The van der Waals surface area contributed by atoms with Gasteiger partial charge in [0.15, 0.2) is 16.6 Å². The molecule has 1 atom stereocenters. The van der Waals surface area contributed by atoms with E-state index in [1.165, 1.54) is 0 Å². The maximum Gasteiger partial charge on any atom is 0.170 e. The molecule has 0 spiro atoms. The third-order valence-corrected chi connectivity index (χ3v) is 6.53. The molecule has 0 bridgehead atoms. The average molecular weight is 499 g/mol. The summed E-state index contributed by atoms with van der Waals surface area (Å²) in [5, 5.41) is 7.26. The van der Waals surface area contributed by atoms with Crippen LogP contribution in [0.4, 0.5) is 11.4 Å². The highest BCUT2D eigenvalue weighted by molar-refractivity contribution is 7.80. The number of nitrogens with one attached hydrogen (secondary N) is 2. The molecular formula is C26H34N4O4S. The first kappa shape index (κ1) is 25.2. The summed E-state index contributed by atoms with van der Waals surface area (Å²) in [6.07, 6.45) is 2.40. The second-order valence-corrected chi connectivity index (χ2v) is 9.10. The molecule has 2 N–H and O–H groups in total. The number of benzene rings is 2. The maximum atomic E-state index is 6.48. The molecule has 1 unspecified atom stereocenters. The molecule has 0 aliphatic carbocycles. The molecule has 1 fully saturated rings. The van der Waals surface area contributed by atoms with E-state index in [0.29, 0.717) is 23.0 Å². The summed E-state index contributed by atoms with van der Waals surface area (Å²) >= 11 is 5.52. The Hall–Kier alpha value is -2.88. The predicted molar refractivity (Wildman–Crippen MR) is 143 cm³/mol. The number of methoxy groups -OCH3 is 2. The Bertz CT molecular complexity index is 1090. The lowest BCUT2D eigenvalue weighted by atomic mass is 10.0. The van der Waals surface area contributed by atoms with E-state index < -0.39 is 0 Å². The summed E-state index contributed by atoms with van der Waals surface area (Å²) in [5.41, 5.74) is 4.87. The lowest BCUT2D eigenvalue weighted by Crippen LogP contribution is -2.42. The van der Waals surface area contributed by atoms with Crippen molar-refractivity contribution in [1.29, 1.82) is 0 Å². The zero-order chi connectivity index (χ0) is 24.8. The molecule has 0 amide bonds. The molecule has 8 nitrogen and oxygen atoms in total. The Labute approximate surface area is 212 Å². The molecule has 2 aliphatic rings. The largest absolute Gasteiger partial charge is 0.493 e. The van der Waals surface area contributed by atoms with Crippen molar-refractivity contribution >= 4 is 34.9 Å². The van der Waals surface area contributed by atoms with E-state index in [0.717, 1.165) is 73.2 Å². The third kappa shape index (κ3) is 6.22. The Morgan fingerprint density at radius 2 is 1.80 bits per heavy atom. The van der Waals surface area contributed by atoms with Crippen LogP contribution in [0.15, 0.2) is 29.3 Å². The van der Waals surface area contributed by atoms with Crippen LogP contribution in [0.2, 0.25) is 0 Å². The SMILES string of the molecule is COc1cc2c(cc1OC)C(Oc1cc(C)c(NC(=S)NCCN3CCOCC3)cc1C)CC=N2. The molecule has 188 valence electrons. The molecule has 1 saturated heterocycles. The smallest absolute Gasteiger partial charge is 0.170 e. The van der Waals surface area contributed by atoms with Crippen LogP contribution >= 0.6 is 12.2 Å². The van der Waals surface area contributed by atoms with E-state index in [9.17, 15) is 0 Å². The lowest BCUT2D eigenvalue weighted by molar-refractivity contribution is 0.0389. The number of aliphatic imine (C=N–C) groups is 1. The number of thiocarbonyl (C=S) groups is 1. The Morgan fingerprint density at radius 1 is 1.06 bits per heavy atom. The summed E-state index contributed by atoms with van der Waals surface area (Å²) in [5.74, 6) is 2.15. The van der Waals surface area contributed by atoms with Crippen LogP contribution in [0.5, 0.6) is 17.2 Å². The van der Waals surface area contributed by atoms with Gasteiger partial charge in [-0.15, -0.1) is 0 Å². The van der Waals surface area contributed by atoms with Gasteiger partial charge in [-0.3, -0.25) is 9.89 Å². The minimum atomic E-state index is -0.165. The van der Waals surface area contributed by atoms with E-state index in [2.05, 4.69) is 39.6 Å². The van der Waals surface area contributed by atoms with Gasteiger partial charge in [-0.05, 0) is 55.4 Å². The highest BCUT2D eigenvalue weighted by Crippen LogP contribution is 2.42. The quantitative estimate of drug-likeness (QED) is 0.526. The predicted octanol–water partition coefficient (Wildman–Crippen LogP) is 4.17. The second-order valence-electron chi connectivity index (χ2n) is 8.69. The number of hydrogen-bond donors (Lipinski definition) is 2. The van der Waals surface area contributed by atoms with E-state index >= 15 is 0 Å². The van der Waals surface area contributed by atoms with Gasteiger partial charge >= 0.3 is 0 Å². The number of aryl methyl sites for hydroxylation is 2. The van der Waals surface area contributed by atoms with Gasteiger partial charge in [0.25, 0.3) is 0 Å². The average Bonchev–Trinajstić information content (AvgIpc) is 2.87. The van der Waals surface area contributed by atoms with Crippen molar-refractivity contribution in [3.05, 3.63) is 41.0 Å². The van der Waals surface area contributed by atoms with Crippen LogP contribution in [0.1, 0.15) is 29.2 Å². The number of nitrogens with zero attached hydrogens (tertiary/aromatic N) is 2. The fourth-order valence-electron chi connectivity index (χ4n) is 4.26. The first-order chi connectivity index (χ1) is 17.0. The monoisotopic (exact) mass is 498 g/mol. The lowest BCUT2D eigenvalue weighted by Gasteiger charge is -2.27. The Kier molecular flexibility index (Phi) is 8.43. The topological polar surface area (TPSA) is 76.6 Å². The van der Waals surface area contributed by atoms with Gasteiger partial charge in [-0.25, -0.2) is 0 Å². The van der Waals surface area contributed by atoms with Gasteiger partial charge in [0.2, 0.25) is 0 Å². The maximum absolute atomic E-state index is 6.48. The standard InChI is InChI=1S/C26H34N4O4S/c1-17-14-23(34-22-5-6-27-21-16-25(32-4)24(31-3)15-19(21)22)18(2)13-20(17)29-26(35)28-7-8-30-9-11-33-12-10-30/h6,13-16,22H,5,7-12H2,1-4H3,(H2,28,29,35). The number of fused-ring (bicyclic) bond motifs is 1. The number of hydrogen-bond acceptors (Lipinski definition) is 7. The molecule has 4 rings (SSSR count). The van der Waals surface area contributed by atoms with Gasteiger partial charge in [0.1, 0.15) is 11.9 Å². The molecule has 0 aromatic heterocycles. The van der Waals surface area contributed by atoms with Crippen molar-refractivity contribution in [3.63, 3.8) is 0 Å². The van der Waals surface area contributed by atoms with Crippen molar-refractivity contribution < 1.29 is 18.9 Å². The molecular weight excluding hydrogens is 464 g/mol. The highest BCUT2D eigenvalue weighted by Gasteiger charge is 2.24. The summed E-state index contributed by atoms with van der Waals surface area (Å²) in [6.45, 7) is 9.38. The first-order valence-corrected chi connectivity index (χ1v) is 12.3. The van der Waals surface area contributed by atoms with Gasteiger partial charge < -0.3 is 29.6 Å². The van der Waals surface area contributed by atoms with Gasteiger partial charge in [0, 0.05) is 56.1 Å². The zero-order valence-corrected chi connectivity index (χ0v) is 21.7. The van der Waals surface area contributed by atoms with Gasteiger partial charge in [-0.1, -0.05) is 0 Å². The molecule has 2 aromatic rings. The molecule has 2 aliphatic heterocycles. The number of rotatable bonds is 8. The second kappa shape index (κ2) is 11.7. The van der Waals surface area contributed by atoms with Crippen LogP contribution in [-0.4, -0.2) is 69.8 Å². The Morgan fingerprint density at radius 3 is 2.54 bits per heavy atom. The number of ether oxygens (including phenoxy) is 4. The van der Waals surface area contributed by atoms with E-state index in [1.54, 1.807) is 14.2 Å². The molecule has 2 heterocycles. The molecule has 0 saturated carbocycles. The fourth-order valence-corrected chi connectivity index (χ4v) is 4.47. The van der Waals surface area contributed by atoms with Crippen molar-refractivity contribution in [3.8, 4) is 17.2 Å². The van der Waals surface area contributed by atoms with Crippen molar-refractivity contribution in [1.82, 2.24) is 10.2 Å². The van der Waals surface area contributed by atoms with Crippen molar-refractivity contribution in [2.45, 2.75) is 26.4 Å².